The molecule has 1 aliphatic rings. The van der Waals surface area contributed by atoms with Crippen LogP contribution in [0.1, 0.15) is 17.8 Å². The van der Waals surface area contributed by atoms with Gasteiger partial charge in [0.15, 0.2) is 0 Å². The molecule has 0 bridgehead atoms. The number of imidazole rings is 1. The van der Waals surface area contributed by atoms with Crippen LogP contribution in [-0.2, 0) is 29.2 Å². The maximum atomic E-state index is 12.7. The van der Waals surface area contributed by atoms with E-state index in [1.54, 1.807) is 6.20 Å². The van der Waals surface area contributed by atoms with Crippen molar-refractivity contribution in [1.29, 1.82) is 0 Å². The minimum absolute atomic E-state index is 0.0738. The predicted octanol–water partition coefficient (Wildman–Crippen LogP) is 3.10. The summed E-state index contributed by atoms with van der Waals surface area (Å²) in [5, 5.41) is -0.456. The van der Waals surface area contributed by atoms with Crippen molar-refractivity contribution in [1.82, 2.24) is 14.3 Å². The van der Waals surface area contributed by atoms with Crippen molar-refractivity contribution in [2.75, 3.05) is 6.54 Å². The van der Waals surface area contributed by atoms with Crippen molar-refractivity contribution in [3.8, 4) is 0 Å². The molecule has 1 aromatic carbocycles. The van der Waals surface area contributed by atoms with E-state index < -0.39 is 26.8 Å². The van der Waals surface area contributed by atoms with Crippen molar-refractivity contribution in [2.24, 2.45) is 5.92 Å². The lowest BCUT2D eigenvalue weighted by molar-refractivity contribution is -0.137. The van der Waals surface area contributed by atoms with Gasteiger partial charge in [-0.2, -0.15) is 13.2 Å². The molecular weight excluding hydrogens is 379 g/mol. The quantitative estimate of drug-likeness (QED) is 0.868. The summed E-state index contributed by atoms with van der Waals surface area (Å²) in [6.45, 7) is 0.815. The van der Waals surface area contributed by atoms with Crippen LogP contribution in [0.2, 0.25) is 5.02 Å². The van der Waals surface area contributed by atoms with Gasteiger partial charge in [-0.3, -0.25) is 0 Å². The van der Waals surface area contributed by atoms with E-state index in [2.05, 4.69) is 9.71 Å². The fraction of sp³-hybridized carbons (Fsp3) is 0.400. The summed E-state index contributed by atoms with van der Waals surface area (Å²) < 4.78 is 67.1. The van der Waals surface area contributed by atoms with Gasteiger partial charge in [0, 0.05) is 31.9 Å². The number of halogens is 4. The molecule has 25 heavy (non-hydrogen) atoms. The molecule has 2 heterocycles. The summed E-state index contributed by atoms with van der Waals surface area (Å²) in [5.74, 6) is 1.04. The minimum atomic E-state index is -4.58. The van der Waals surface area contributed by atoms with E-state index in [-0.39, 0.29) is 17.4 Å². The fourth-order valence-electron chi connectivity index (χ4n) is 2.80. The number of fused-ring (bicyclic) bond motifs is 1. The van der Waals surface area contributed by atoms with Gasteiger partial charge in [0.25, 0.3) is 0 Å². The number of hydrogen-bond donors (Lipinski definition) is 1. The van der Waals surface area contributed by atoms with Crippen molar-refractivity contribution in [3.63, 3.8) is 0 Å². The Kier molecular flexibility index (Phi) is 4.82. The first-order valence-electron chi connectivity index (χ1n) is 7.53. The number of alkyl halides is 3. The first kappa shape index (κ1) is 18.2. The van der Waals surface area contributed by atoms with Crippen molar-refractivity contribution < 1.29 is 21.6 Å². The van der Waals surface area contributed by atoms with Gasteiger partial charge in [0.1, 0.15) is 10.7 Å². The monoisotopic (exact) mass is 393 g/mol. The molecule has 0 spiro atoms. The first-order chi connectivity index (χ1) is 11.7. The highest BCUT2D eigenvalue weighted by molar-refractivity contribution is 7.89. The van der Waals surface area contributed by atoms with Crippen LogP contribution in [-0.4, -0.2) is 24.5 Å². The third-order valence-electron chi connectivity index (χ3n) is 4.14. The van der Waals surface area contributed by atoms with Gasteiger partial charge in [-0.05, 0) is 30.5 Å². The average Bonchev–Trinajstić information content (AvgIpc) is 2.99. The SMILES string of the molecule is O=S(=O)(NC[C@@H]1CCc2nccn2C1)c1ccc(C(F)(F)F)cc1Cl. The molecular formula is C15H15ClF3N3O2S. The van der Waals surface area contributed by atoms with E-state index >= 15 is 0 Å². The summed E-state index contributed by atoms with van der Waals surface area (Å²) in [4.78, 5) is 3.84. The molecule has 5 nitrogen and oxygen atoms in total. The van der Waals surface area contributed by atoms with Crippen LogP contribution in [0.4, 0.5) is 13.2 Å². The van der Waals surface area contributed by atoms with Gasteiger partial charge < -0.3 is 4.57 Å². The van der Waals surface area contributed by atoms with Crippen LogP contribution >= 0.6 is 11.6 Å². The summed E-state index contributed by atoms with van der Waals surface area (Å²) in [6, 6.07) is 2.20. The zero-order chi connectivity index (χ0) is 18.2. The van der Waals surface area contributed by atoms with E-state index in [0.717, 1.165) is 24.7 Å². The molecule has 0 aliphatic carbocycles. The summed E-state index contributed by atoms with van der Waals surface area (Å²) in [5.41, 5.74) is -0.989. The average molecular weight is 394 g/mol. The van der Waals surface area contributed by atoms with Crippen LogP contribution in [0.15, 0.2) is 35.5 Å². The Balaban J connectivity index is 1.70. The maximum absolute atomic E-state index is 12.7. The first-order valence-corrected chi connectivity index (χ1v) is 9.39. The summed E-state index contributed by atoms with van der Waals surface area (Å²) >= 11 is 5.76. The van der Waals surface area contributed by atoms with Crippen LogP contribution in [0, 0.1) is 5.92 Å². The van der Waals surface area contributed by atoms with Crippen LogP contribution in [0.3, 0.4) is 0 Å². The van der Waals surface area contributed by atoms with Gasteiger partial charge in [-0.15, -0.1) is 0 Å². The molecule has 1 aromatic heterocycles. The maximum Gasteiger partial charge on any atom is 0.416 e. The Bertz CT molecular complexity index is 880. The lowest BCUT2D eigenvalue weighted by atomic mass is 10.00. The Hall–Kier alpha value is -1.58. The predicted molar refractivity (Wildman–Crippen MR) is 85.7 cm³/mol. The number of aryl methyl sites for hydroxylation is 1. The van der Waals surface area contributed by atoms with E-state index in [4.69, 9.17) is 11.6 Å². The number of aromatic nitrogens is 2. The summed E-state index contributed by atoms with van der Waals surface area (Å²) in [7, 11) is -3.99. The lowest BCUT2D eigenvalue weighted by Crippen LogP contribution is -2.33. The number of benzene rings is 1. The van der Waals surface area contributed by atoms with Crippen molar-refractivity contribution >= 4 is 21.6 Å². The second-order valence-corrected chi connectivity index (χ2v) is 8.04. The molecule has 0 fully saturated rings. The normalized spacial score (nSPS) is 18.2. The van der Waals surface area contributed by atoms with Gasteiger partial charge in [-0.1, -0.05) is 11.6 Å². The number of rotatable bonds is 4. The van der Waals surface area contributed by atoms with Gasteiger partial charge in [0.2, 0.25) is 10.0 Å². The standard InChI is InChI=1S/C15H15ClF3N3O2S/c16-12-7-11(15(17,18)19)2-3-13(12)25(23,24)21-8-10-1-4-14-20-5-6-22(14)9-10/h2-3,5-7,10,21H,1,4,8-9H2/t10-/m0/s1. The Morgan fingerprint density at radius 2 is 2.12 bits per heavy atom. The zero-order valence-electron chi connectivity index (χ0n) is 12.9. The molecule has 2 aromatic rings. The Labute approximate surface area is 147 Å². The van der Waals surface area contributed by atoms with E-state index in [1.165, 1.54) is 0 Å². The van der Waals surface area contributed by atoms with Crippen LogP contribution in [0.25, 0.3) is 0 Å². The lowest BCUT2D eigenvalue weighted by Gasteiger charge is -2.24. The molecule has 0 saturated heterocycles. The fourth-order valence-corrected chi connectivity index (χ4v) is 4.46. The smallest absolute Gasteiger partial charge is 0.335 e. The van der Waals surface area contributed by atoms with Gasteiger partial charge in [-0.25, -0.2) is 18.1 Å². The van der Waals surface area contributed by atoms with E-state index in [1.807, 2.05) is 10.8 Å². The molecule has 1 N–H and O–H groups in total. The largest absolute Gasteiger partial charge is 0.416 e. The topological polar surface area (TPSA) is 64.0 Å². The number of sulfonamides is 1. The van der Waals surface area contributed by atoms with E-state index in [0.29, 0.717) is 18.7 Å². The van der Waals surface area contributed by atoms with Crippen molar-refractivity contribution in [2.45, 2.75) is 30.5 Å². The molecule has 0 radical (unpaired) electrons. The molecule has 3 rings (SSSR count). The highest BCUT2D eigenvalue weighted by Crippen LogP contribution is 2.33. The third kappa shape index (κ3) is 3.99. The molecule has 0 saturated carbocycles. The molecule has 1 aliphatic heterocycles. The number of nitrogens with zero attached hydrogens (tertiary/aromatic N) is 2. The molecule has 10 heteroatoms. The van der Waals surface area contributed by atoms with Crippen LogP contribution < -0.4 is 4.72 Å². The number of nitrogens with one attached hydrogen (secondary N) is 1. The Morgan fingerprint density at radius 3 is 2.80 bits per heavy atom. The van der Waals surface area contributed by atoms with Crippen molar-refractivity contribution in [3.05, 3.63) is 47.0 Å². The minimum Gasteiger partial charge on any atom is -0.335 e. The van der Waals surface area contributed by atoms with Gasteiger partial charge in [0.05, 0.1) is 10.6 Å². The zero-order valence-corrected chi connectivity index (χ0v) is 14.5. The second-order valence-electron chi connectivity index (χ2n) is 5.90. The molecule has 0 amide bonds. The van der Waals surface area contributed by atoms with Crippen LogP contribution in [0.5, 0.6) is 0 Å². The molecule has 0 unspecified atom stereocenters. The van der Waals surface area contributed by atoms with E-state index in [9.17, 15) is 21.6 Å². The second kappa shape index (κ2) is 6.62. The van der Waals surface area contributed by atoms with Gasteiger partial charge >= 0.3 is 6.18 Å². The summed E-state index contributed by atoms with van der Waals surface area (Å²) in [6.07, 6.45) is 0.483. The molecule has 136 valence electrons. The number of hydrogen-bond acceptors (Lipinski definition) is 3. The third-order valence-corrected chi connectivity index (χ3v) is 6.05. The Morgan fingerprint density at radius 1 is 1.36 bits per heavy atom. The highest BCUT2D eigenvalue weighted by atomic mass is 35.5. The highest BCUT2D eigenvalue weighted by Gasteiger charge is 2.32. The molecule has 1 atom stereocenters.